The first kappa shape index (κ1) is 11.8. The Bertz CT molecular complexity index is 380. The van der Waals surface area contributed by atoms with E-state index < -0.39 is 0 Å². The van der Waals surface area contributed by atoms with E-state index in [2.05, 4.69) is 15.9 Å². The zero-order chi connectivity index (χ0) is 11.4. The lowest BCUT2D eigenvalue weighted by Crippen LogP contribution is -2.10. The number of nitrogens with two attached hydrogens (primary N) is 2. The first-order valence-electron chi connectivity index (χ1n) is 4.54. The molecule has 0 unspecified atom stereocenters. The Morgan fingerprint density at radius 2 is 2.00 bits per heavy atom. The molecular formula is C10H13BrN2O2. The number of esters is 1. The molecule has 0 radical (unpaired) electrons. The summed E-state index contributed by atoms with van der Waals surface area (Å²) in [5, 5.41) is 0. The van der Waals surface area contributed by atoms with E-state index in [0.717, 1.165) is 0 Å². The number of anilines is 2. The topological polar surface area (TPSA) is 78.3 Å². The Balaban J connectivity index is 2.93. The van der Waals surface area contributed by atoms with Crippen LogP contribution in [-0.4, -0.2) is 12.6 Å². The molecule has 0 atom stereocenters. The van der Waals surface area contributed by atoms with Gasteiger partial charge in [-0.05, 0) is 35.0 Å². The third-order valence-electron chi connectivity index (χ3n) is 1.94. The van der Waals surface area contributed by atoms with Crippen molar-refractivity contribution in [3.05, 3.63) is 22.2 Å². The zero-order valence-corrected chi connectivity index (χ0v) is 10.0. The van der Waals surface area contributed by atoms with Crippen molar-refractivity contribution in [2.45, 2.75) is 13.3 Å². The standard InChI is InChI=1S/C10H13BrN2O2/c1-2-15-9(14)5-6-7(12)3-4-8(13)10(6)11/h3-4H,2,5,12-13H2,1H3. The third-order valence-corrected chi connectivity index (χ3v) is 2.87. The van der Waals surface area contributed by atoms with Gasteiger partial charge in [-0.25, -0.2) is 0 Å². The third kappa shape index (κ3) is 2.86. The fraction of sp³-hybridized carbons (Fsp3) is 0.300. The summed E-state index contributed by atoms with van der Waals surface area (Å²) in [5.41, 5.74) is 13.2. The van der Waals surface area contributed by atoms with Crippen molar-refractivity contribution in [3.63, 3.8) is 0 Å². The first-order chi connectivity index (χ1) is 7.06. The van der Waals surface area contributed by atoms with Crippen molar-refractivity contribution in [3.8, 4) is 0 Å². The molecule has 0 spiro atoms. The highest BCUT2D eigenvalue weighted by molar-refractivity contribution is 9.10. The van der Waals surface area contributed by atoms with Crippen molar-refractivity contribution >= 4 is 33.3 Å². The fourth-order valence-corrected chi connectivity index (χ4v) is 1.69. The minimum atomic E-state index is -0.310. The molecule has 0 saturated heterocycles. The normalized spacial score (nSPS) is 10.0. The van der Waals surface area contributed by atoms with Gasteiger partial charge in [0.2, 0.25) is 0 Å². The number of ether oxygens (including phenoxy) is 1. The predicted molar refractivity (Wildman–Crippen MR) is 63.3 cm³/mol. The summed E-state index contributed by atoms with van der Waals surface area (Å²) in [7, 11) is 0. The van der Waals surface area contributed by atoms with Gasteiger partial charge in [0.15, 0.2) is 0 Å². The Hall–Kier alpha value is -1.23. The highest BCUT2D eigenvalue weighted by atomic mass is 79.9. The molecule has 4 nitrogen and oxygen atoms in total. The molecule has 0 fully saturated rings. The number of nitrogen functional groups attached to an aromatic ring is 2. The van der Waals surface area contributed by atoms with Crippen molar-refractivity contribution in [1.82, 2.24) is 0 Å². The van der Waals surface area contributed by atoms with Crippen LogP contribution in [0.2, 0.25) is 0 Å². The molecule has 0 heterocycles. The van der Waals surface area contributed by atoms with Crippen LogP contribution in [0.15, 0.2) is 16.6 Å². The van der Waals surface area contributed by atoms with Crippen molar-refractivity contribution < 1.29 is 9.53 Å². The number of carbonyl (C=O) groups excluding carboxylic acids is 1. The maximum absolute atomic E-state index is 11.3. The molecule has 0 aliphatic carbocycles. The van der Waals surface area contributed by atoms with Gasteiger partial charge in [0.25, 0.3) is 0 Å². The van der Waals surface area contributed by atoms with Crippen LogP contribution in [0.4, 0.5) is 11.4 Å². The lowest BCUT2D eigenvalue weighted by atomic mass is 10.1. The highest BCUT2D eigenvalue weighted by Crippen LogP contribution is 2.29. The summed E-state index contributed by atoms with van der Waals surface area (Å²) >= 11 is 3.30. The Morgan fingerprint density at radius 3 is 2.60 bits per heavy atom. The summed E-state index contributed by atoms with van der Waals surface area (Å²) in [5.74, 6) is -0.310. The van der Waals surface area contributed by atoms with Crippen LogP contribution < -0.4 is 11.5 Å². The molecule has 0 amide bonds. The van der Waals surface area contributed by atoms with E-state index in [4.69, 9.17) is 16.2 Å². The molecule has 1 rings (SSSR count). The van der Waals surface area contributed by atoms with Crippen molar-refractivity contribution in [2.75, 3.05) is 18.1 Å². The van der Waals surface area contributed by atoms with E-state index >= 15 is 0 Å². The van der Waals surface area contributed by atoms with E-state index in [1.165, 1.54) is 0 Å². The second-order valence-corrected chi connectivity index (χ2v) is 3.81. The van der Waals surface area contributed by atoms with E-state index in [9.17, 15) is 4.79 Å². The number of benzene rings is 1. The average molecular weight is 273 g/mol. The average Bonchev–Trinajstić information content (AvgIpc) is 2.19. The first-order valence-corrected chi connectivity index (χ1v) is 5.33. The molecule has 0 aliphatic rings. The Labute approximate surface area is 96.7 Å². The largest absolute Gasteiger partial charge is 0.466 e. The smallest absolute Gasteiger partial charge is 0.310 e. The second kappa shape index (κ2) is 5.02. The molecule has 15 heavy (non-hydrogen) atoms. The lowest BCUT2D eigenvalue weighted by Gasteiger charge is -2.09. The van der Waals surface area contributed by atoms with Crippen LogP contribution >= 0.6 is 15.9 Å². The van der Waals surface area contributed by atoms with E-state index in [1.807, 2.05) is 0 Å². The van der Waals surface area contributed by atoms with Crippen LogP contribution in [0.5, 0.6) is 0 Å². The number of hydrogen-bond acceptors (Lipinski definition) is 4. The summed E-state index contributed by atoms with van der Waals surface area (Å²) in [6.45, 7) is 2.12. The van der Waals surface area contributed by atoms with Crippen LogP contribution in [0, 0.1) is 0 Å². The highest BCUT2D eigenvalue weighted by Gasteiger charge is 2.12. The van der Waals surface area contributed by atoms with Crippen molar-refractivity contribution in [1.29, 1.82) is 0 Å². The molecule has 1 aromatic carbocycles. The second-order valence-electron chi connectivity index (χ2n) is 3.02. The van der Waals surface area contributed by atoms with E-state index in [1.54, 1.807) is 19.1 Å². The summed E-state index contributed by atoms with van der Waals surface area (Å²) in [4.78, 5) is 11.3. The van der Waals surface area contributed by atoms with Gasteiger partial charge in [0.05, 0.1) is 13.0 Å². The molecule has 0 aliphatic heterocycles. The Kier molecular flexibility index (Phi) is 3.96. The molecule has 0 bridgehead atoms. The summed E-state index contributed by atoms with van der Waals surface area (Å²) in [6, 6.07) is 3.36. The Morgan fingerprint density at radius 1 is 1.40 bits per heavy atom. The van der Waals surface area contributed by atoms with Gasteiger partial charge in [-0.15, -0.1) is 0 Å². The van der Waals surface area contributed by atoms with Crippen LogP contribution in [0.3, 0.4) is 0 Å². The van der Waals surface area contributed by atoms with E-state index in [-0.39, 0.29) is 12.4 Å². The van der Waals surface area contributed by atoms with Crippen LogP contribution in [0.1, 0.15) is 12.5 Å². The predicted octanol–water partition coefficient (Wildman–Crippen LogP) is 1.72. The monoisotopic (exact) mass is 272 g/mol. The van der Waals surface area contributed by atoms with Gasteiger partial charge >= 0.3 is 5.97 Å². The van der Waals surface area contributed by atoms with Crippen LogP contribution in [-0.2, 0) is 16.0 Å². The lowest BCUT2D eigenvalue weighted by molar-refractivity contribution is -0.142. The number of carbonyl (C=O) groups is 1. The number of rotatable bonds is 3. The fourth-order valence-electron chi connectivity index (χ4n) is 1.19. The molecule has 82 valence electrons. The van der Waals surface area contributed by atoms with Gasteiger partial charge in [-0.2, -0.15) is 0 Å². The maximum atomic E-state index is 11.3. The van der Waals surface area contributed by atoms with Crippen molar-refractivity contribution in [2.24, 2.45) is 0 Å². The minimum absolute atomic E-state index is 0.130. The number of hydrogen-bond donors (Lipinski definition) is 2. The summed E-state index contributed by atoms with van der Waals surface area (Å²) in [6.07, 6.45) is 0.130. The van der Waals surface area contributed by atoms with Gasteiger partial charge in [0, 0.05) is 21.4 Å². The zero-order valence-electron chi connectivity index (χ0n) is 8.42. The van der Waals surface area contributed by atoms with Gasteiger partial charge < -0.3 is 16.2 Å². The molecule has 5 heteroatoms. The minimum Gasteiger partial charge on any atom is -0.466 e. The molecule has 0 saturated carbocycles. The maximum Gasteiger partial charge on any atom is 0.310 e. The van der Waals surface area contributed by atoms with Gasteiger partial charge in [-0.1, -0.05) is 0 Å². The van der Waals surface area contributed by atoms with Gasteiger partial charge in [0.1, 0.15) is 0 Å². The molecular weight excluding hydrogens is 260 g/mol. The quantitative estimate of drug-likeness (QED) is 0.649. The van der Waals surface area contributed by atoms with Gasteiger partial charge in [-0.3, -0.25) is 4.79 Å². The van der Waals surface area contributed by atoms with E-state index in [0.29, 0.717) is 28.0 Å². The molecule has 0 aromatic heterocycles. The number of halogens is 1. The SMILES string of the molecule is CCOC(=O)Cc1c(N)ccc(N)c1Br. The summed E-state index contributed by atoms with van der Waals surface area (Å²) < 4.78 is 5.50. The molecule has 4 N–H and O–H groups in total. The van der Waals surface area contributed by atoms with Crippen LogP contribution in [0.25, 0.3) is 0 Å². The molecule has 1 aromatic rings.